The van der Waals surface area contributed by atoms with Crippen LogP contribution in [0.2, 0.25) is 0 Å². The van der Waals surface area contributed by atoms with Crippen LogP contribution < -0.4 is 5.73 Å². The SMILES string of the molecule is Nc1cccc(-c2nccc(C3CC3)n2)c1. The van der Waals surface area contributed by atoms with Crippen LogP contribution in [0.25, 0.3) is 11.4 Å². The van der Waals surface area contributed by atoms with Gasteiger partial charge in [-0.3, -0.25) is 0 Å². The number of rotatable bonds is 2. The van der Waals surface area contributed by atoms with Gasteiger partial charge >= 0.3 is 0 Å². The summed E-state index contributed by atoms with van der Waals surface area (Å²) in [4.78, 5) is 8.87. The second-order valence-electron chi connectivity index (χ2n) is 4.20. The summed E-state index contributed by atoms with van der Waals surface area (Å²) < 4.78 is 0. The first kappa shape index (κ1) is 9.33. The molecular formula is C13H13N3. The largest absolute Gasteiger partial charge is 0.399 e. The molecule has 3 rings (SSSR count). The normalized spacial score (nSPS) is 15.0. The molecule has 1 aromatic carbocycles. The fraction of sp³-hybridized carbons (Fsp3) is 0.231. The van der Waals surface area contributed by atoms with Crippen LogP contribution in [-0.2, 0) is 0 Å². The molecule has 3 heteroatoms. The van der Waals surface area contributed by atoms with Crippen molar-refractivity contribution in [1.82, 2.24) is 9.97 Å². The molecule has 80 valence electrons. The third-order valence-electron chi connectivity index (χ3n) is 2.82. The van der Waals surface area contributed by atoms with Gasteiger partial charge in [-0.2, -0.15) is 0 Å². The quantitative estimate of drug-likeness (QED) is 0.777. The van der Waals surface area contributed by atoms with Crippen molar-refractivity contribution in [2.45, 2.75) is 18.8 Å². The summed E-state index contributed by atoms with van der Waals surface area (Å²) >= 11 is 0. The van der Waals surface area contributed by atoms with Crippen LogP contribution in [0.1, 0.15) is 24.5 Å². The maximum atomic E-state index is 5.75. The fourth-order valence-corrected chi connectivity index (χ4v) is 1.80. The third-order valence-corrected chi connectivity index (χ3v) is 2.82. The lowest BCUT2D eigenvalue weighted by molar-refractivity contribution is 0.994. The number of hydrogen-bond donors (Lipinski definition) is 1. The number of nitrogens with zero attached hydrogens (tertiary/aromatic N) is 2. The third kappa shape index (κ3) is 1.76. The maximum absolute atomic E-state index is 5.75. The smallest absolute Gasteiger partial charge is 0.159 e. The van der Waals surface area contributed by atoms with E-state index in [0.29, 0.717) is 5.92 Å². The van der Waals surface area contributed by atoms with Crippen molar-refractivity contribution in [2.75, 3.05) is 5.73 Å². The van der Waals surface area contributed by atoms with Gasteiger partial charge in [0.2, 0.25) is 0 Å². The van der Waals surface area contributed by atoms with Gasteiger partial charge in [0, 0.05) is 29.1 Å². The van der Waals surface area contributed by atoms with Crippen LogP contribution in [0.4, 0.5) is 5.69 Å². The average molecular weight is 211 g/mol. The van der Waals surface area contributed by atoms with Crippen molar-refractivity contribution in [3.63, 3.8) is 0 Å². The molecule has 0 atom stereocenters. The Morgan fingerprint density at radius 3 is 2.81 bits per heavy atom. The Balaban J connectivity index is 2.02. The highest BCUT2D eigenvalue weighted by molar-refractivity contribution is 5.60. The van der Waals surface area contributed by atoms with Crippen LogP contribution in [0.3, 0.4) is 0 Å². The summed E-state index contributed by atoms with van der Waals surface area (Å²) in [5, 5.41) is 0. The van der Waals surface area contributed by atoms with Crippen molar-refractivity contribution in [3.8, 4) is 11.4 Å². The molecule has 0 saturated heterocycles. The van der Waals surface area contributed by atoms with Crippen LogP contribution in [0, 0.1) is 0 Å². The zero-order chi connectivity index (χ0) is 11.0. The van der Waals surface area contributed by atoms with E-state index in [-0.39, 0.29) is 0 Å². The van der Waals surface area contributed by atoms with Crippen molar-refractivity contribution >= 4 is 5.69 Å². The Morgan fingerprint density at radius 2 is 2.06 bits per heavy atom. The first-order valence-electron chi connectivity index (χ1n) is 5.52. The summed E-state index contributed by atoms with van der Waals surface area (Å²) in [6.45, 7) is 0. The summed E-state index contributed by atoms with van der Waals surface area (Å²) in [5.41, 5.74) is 8.65. The monoisotopic (exact) mass is 211 g/mol. The number of nitrogens with two attached hydrogens (primary N) is 1. The molecule has 0 aliphatic heterocycles. The molecule has 0 unspecified atom stereocenters. The molecule has 3 nitrogen and oxygen atoms in total. The molecule has 1 aliphatic rings. The number of anilines is 1. The van der Waals surface area contributed by atoms with Crippen molar-refractivity contribution in [1.29, 1.82) is 0 Å². The van der Waals surface area contributed by atoms with Crippen molar-refractivity contribution in [2.24, 2.45) is 0 Å². The highest BCUT2D eigenvalue weighted by atomic mass is 14.9. The molecule has 1 heterocycles. The zero-order valence-corrected chi connectivity index (χ0v) is 8.93. The first-order valence-corrected chi connectivity index (χ1v) is 5.52. The summed E-state index contributed by atoms with van der Waals surface area (Å²) in [5.74, 6) is 1.43. The molecule has 0 spiro atoms. The lowest BCUT2D eigenvalue weighted by Crippen LogP contribution is -1.94. The van der Waals surface area contributed by atoms with Gasteiger partial charge in [-0.05, 0) is 31.0 Å². The van der Waals surface area contributed by atoms with Crippen LogP contribution >= 0.6 is 0 Å². The van der Waals surface area contributed by atoms with E-state index in [4.69, 9.17) is 5.73 Å². The molecule has 16 heavy (non-hydrogen) atoms. The van der Waals surface area contributed by atoms with E-state index in [1.165, 1.54) is 12.8 Å². The minimum absolute atomic E-state index is 0.655. The van der Waals surface area contributed by atoms with Gasteiger partial charge in [0.15, 0.2) is 5.82 Å². The van der Waals surface area contributed by atoms with E-state index in [1.54, 1.807) is 0 Å². The predicted octanol–water partition coefficient (Wildman–Crippen LogP) is 2.60. The Bertz CT molecular complexity index is 518. The Kier molecular flexibility index (Phi) is 2.10. The van der Waals surface area contributed by atoms with Crippen molar-refractivity contribution in [3.05, 3.63) is 42.2 Å². The van der Waals surface area contributed by atoms with Gasteiger partial charge in [0.05, 0.1) is 0 Å². The standard InChI is InChI=1S/C13H13N3/c14-11-3-1-2-10(8-11)13-15-7-6-12(16-13)9-4-5-9/h1-3,6-9H,4-5,14H2. The van der Waals surface area contributed by atoms with Gasteiger partial charge in [-0.25, -0.2) is 9.97 Å². The van der Waals surface area contributed by atoms with Gasteiger partial charge in [-0.15, -0.1) is 0 Å². The summed E-state index contributed by atoms with van der Waals surface area (Å²) in [6, 6.07) is 9.70. The predicted molar refractivity (Wildman–Crippen MR) is 63.9 cm³/mol. The highest BCUT2D eigenvalue weighted by Crippen LogP contribution is 2.39. The Hall–Kier alpha value is -1.90. The van der Waals surface area contributed by atoms with Gasteiger partial charge in [0.1, 0.15) is 0 Å². The molecule has 1 saturated carbocycles. The molecule has 1 aliphatic carbocycles. The summed E-state index contributed by atoms with van der Waals surface area (Å²) in [7, 11) is 0. The number of aromatic nitrogens is 2. The second-order valence-corrected chi connectivity index (χ2v) is 4.20. The highest BCUT2D eigenvalue weighted by Gasteiger charge is 2.25. The van der Waals surface area contributed by atoms with E-state index < -0.39 is 0 Å². The van der Waals surface area contributed by atoms with Crippen LogP contribution in [-0.4, -0.2) is 9.97 Å². The van der Waals surface area contributed by atoms with E-state index >= 15 is 0 Å². The second kappa shape index (κ2) is 3.59. The fourth-order valence-electron chi connectivity index (χ4n) is 1.80. The summed E-state index contributed by atoms with van der Waals surface area (Å²) in [6.07, 6.45) is 4.35. The zero-order valence-electron chi connectivity index (χ0n) is 8.93. The Labute approximate surface area is 94.4 Å². The molecular weight excluding hydrogens is 198 g/mol. The number of hydrogen-bond acceptors (Lipinski definition) is 3. The molecule has 0 amide bonds. The first-order chi connectivity index (χ1) is 7.83. The lowest BCUT2D eigenvalue weighted by Gasteiger charge is -2.03. The van der Waals surface area contributed by atoms with E-state index in [9.17, 15) is 0 Å². The average Bonchev–Trinajstić information content (AvgIpc) is 3.13. The van der Waals surface area contributed by atoms with E-state index in [1.807, 2.05) is 36.5 Å². The maximum Gasteiger partial charge on any atom is 0.159 e. The van der Waals surface area contributed by atoms with E-state index in [2.05, 4.69) is 9.97 Å². The van der Waals surface area contributed by atoms with Crippen LogP contribution in [0.15, 0.2) is 36.5 Å². The molecule has 1 fully saturated rings. The molecule has 2 N–H and O–H groups in total. The Morgan fingerprint density at radius 1 is 1.19 bits per heavy atom. The van der Waals surface area contributed by atoms with Gasteiger partial charge < -0.3 is 5.73 Å². The molecule has 2 aromatic rings. The van der Waals surface area contributed by atoms with Crippen LogP contribution in [0.5, 0.6) is 0 Å². The van der Waals surface area contributed by atoms with E-state index in [0.717, 1.165) is 22.8 Å². The molecule has 1 aromatic heterocycles. The number of benzene rings is 1. The number of nitrogen functional groups attached to an aromatic ring is 1. The lowest BCUT2D eigenvalue weighted by atomic mass is 10.2. The van der Waals surface area contributed by atoms with Crippen molar-refractivity contribution < 1.29 is 0 Å². The minimum atomic E-state index is 0.655. The topological polar surface area (TPSA) is 51.8 Å². The minimum Gasteiger partial charge on any atom is -0.399 e. The van der Waals surface area contributed by atoms with Gasteiger partial charge in [0.25, 0.3) is 0 Å². The molecule has 0 radical (unpaired) electrons. The van der Waals surface area contributed by atoms with Gasteiger partial charge in [-0.1, -0.05) is 12.1 Å². The molecule has 0 bridgehead atoms.